The molecule has 0 aliphatic carbocycles. The van der Waals surface area contributed by atoms with E-state index in [1.54, 1.807) is 0 Å². The lowest BCUT2D eigenvalue weighted by molar-refractivity contribution is 0.219. The minimum Gasteiger partial charge on any atom is -0.493 e. The van der Waals surface area contributed by atoms with Crippen LogP contribution in [0.15, 0.2) is 24.3 Å². The second kappa shape index (κ2) is 8.17. The van der Waals surface area contributed by atoms with Gasteiger partial charge in [-0.15, -0.1) is 0 Å². The molecule has 0 bridgehead atoms. The number of unbranched alkanes of at least 4 members (excludes halogenated alkanes) is 3. The fourth-order valence-corrected chi connectivity index (χ4v) is 1.58. The molecule has 89 valence electrons. The van der Waals surface area contributed by atoms with Crippen LogP contribution in [0.4, 0.5) is 0 Å². The maximum Gasteiger partial charge on any atom is 0.124 e. The number of ether oxygens (including phenoxy) is 2. The predicted molar refractivity (Wildman–Crippen MR) is 66.2 cm³/mol. The zero-order valence-corrected chi connectivity index (χ0v) is 10.1. The van der Waals surface area contributed by atoms with E-state index in [-0.39, 0.29) is 0 Å². The lowest BCUT2D eigenvalue weighted by Gasteiger charge is -2.10. The summed E-state index contributed by atoms with van der Waals surface area (Å²) >= 11 is 0. The minimum absolute atomic E-state index is 0.505. The van der Waals surface area contributed by atoms with Crippen molar-refractivity contribution in [2.75, 3.05) is 6.61 Å². The van der Waals surface area contributed by atoms with Gasteiger partial charge in [-0.1, -0.05) is 44.4 Å². The normalized spacial score (nSPS) is 10.4. The summed E-state index contributed by atoms with van der Waals surface area (Å²) < 4.78 is 10.6. The molecule has 2 nitrogen and oxygen atoms in total. The van der Waals surface area contributed by atoms with Crippen LogP contribution in [0.5, 0.6) is 5.75 Å². The first-order valence-corrected chi connectivity index (χ1v) is 5.96. The standard InChI is InChI=1S/C14H21O2/c1-3-4-5-8-11-16-14-10-7-6-9-13(14)12-15-2/h6-7,9-10H,2-5,8,11-12H2,1H3. The molecule has 0 aliphatic heterocycles. The Hall–Kier alpha value is -1.02. The first-order valence-electron chi connectivity index (χ1n) is 5.96. The van der Waals surface area contributed by atoms with Gasteiger partial charge in [0.1, 0.15) is 5.75 Å². The predicted octanol–water partition coefficient (Wildman–Crippen LogP) is 3.95. The molecule has 0 aliphatic rings. The maximum absolute atomic E-state index is 5.73. The molecule has 0 fully saturated rings. The van der Waals surface area contributed by atoms with Crippen LogP contribution in [-0.2, 0) is 11.3 Å². The van der Waals surface area contributed by atoms with E-state index in [1.807, 2.05) is 24.3 Å². The summed E-state index contributed by atoms with van der Waals surface area (Å²) in [5.41, 5.74) is 1.06. The van der Waals surface area contributed by atoms with Crippen molar-refractivity contribution in [2.45, 2.75) is 39.2 Å². The van der Waals surface area contributed by atoms with Crippen LogP contribution in [0.2, 0.25) is 0 Å². The van der Waals surface area contributed by atoms with E-state index in [9.17, 15) is 0 Å². The van der Waals surface area contributed by atoms with E-state index in [2.05, 4.69) is 14.0 Å². The summed E-state index contributed by atoms with van der Waals surface area (Å²) in [5, 5.41) is 0. The highest BCUT2D eigenvalue weighted by molar-refractivity contribution is 5.32. The number of rotatable bonds is 8. The molecular formula is C14H21O2. The highest BCUT2D eigenvalue weighted by atomic mass is 16.5. The van der Waals surface area contributed by atoms with Crippen molar-refractivity contribution < 1.29 is 9.47 Å². The van der Waals surface area contributed by atoms with E-state index in [1.165, 1.54) is 19.3 Å². The molecule has 2 heteroatoms. The van der Waals surface area contributed by atoms with Crippen LogP contribution >= 0.6 is 0 Å². The molecule has 0 spiro atoms. The number of hydrogen-bond donors (Lipinski definition) is 0. The average Bonchev–Trinajstić information content (AvgIpc) is 2.31. The van der Waals surface area contributed by atoms with Crippen molar-refractivity contribution in [1.29, 1.82) is 0 Å². The summed E-state index contributed by atoms with van der Waals surface area (Å²) in [7, 11) is 3.39. The van der Waals surface area contributed by atoms with Gasteiger partial charge in [-0.2, -0.15) is 0 Å². The summed E-state index contributed by atoms with van der Waals surface area (Å²) in [4.78, 5) is 0. The van der Waals surface area contributed by atoms with E-state index in [4.69, 9.17) is 9.47 Å². The Kier molecular flexibility index (Phi) is 6.66. The van der Waals surface area contributed by atoms with Crippen LogP contribution < -0.4 is 4.74 Å². The molecule has 16 heavy (non-hydrogen) atoms. The molecule has 1 rings (SSSR count). The van der Waals surface area contributed by atoms with E-state index in [0.29, 0.717) is 6.61 Å². The molecule has 0 saturated heterocycles. The van der Waals surface area contributed by atoms with Gasteiger partial charge in [0, 0.05) is 5.56 Å². The third kappa shape index (κ3) is 4.67. The fourth-order valence-electron chi connectivity index (χ4n) is 1.58. The summed E-state index contributed by atoms with van der Waals surface area (Å²) in [6.07, 6.45) is 4.90. The third-order valence-electron chi connectivity index (χ3n) is 2.49. The highest BCUT2D eigenvalue weighted by Crippen LogP contribution is 2.19. The molecule has 0 heterocycles. The van der Waals surface area contributed by atoms with Crippen LogP contribution in [-0.4, -0.2) is 6.61 Å². The van der Waals surface area contributed by atoms with Gasteiger partial charge in [0.2, 0.25) is 0 Å². The minimum atomic E-state index is 0.505. The van der Waals surface area contributed by atoms with Crippen LogP contribution in [0.1, 0.15) is 38.2 Å². The molecular weight excluding hydrogens is 200 g/mol. The lowest BCUT2D eigenvalue weighted by Crippen LogP contribution is -2.00. The van der Waals surface area contributed by atoms with Gasteiger partial charge in [-0.3, -0.25) is 0 Å². The fraction of sp³-hybridized carbons (Fsp3) is 0.500. The Morgan fingerprint density at radius 1 is 1.12 bits per heavy atom. The van der Waals surface area contributed by atoms with Crippen molar-refractivity contribution in [3.63, 3.8) is 0 Å². The highest BCUT2D eigenvalue weighted by Gasteiger charge is 2.01. The topological polar surface area (TPSA) is 18.5 Å². The number of benzene rings is 1. The number of para-hydroxylation sites is 1. The zero-order chi connectivity index (χ0) is 11.6. The Labute approximate surface area is 98.6 Å². The Balaban J connectivity index is 2.34. The Morgan fingerprint density at radius 2 is 1.94 bits per heavy atom. The maximum atomic E-state index is 5.73. The molecule has 0 unspecified atom stereocenters. The number of hydrogen-bond acceptors (Lipinski definition) is 2. The molecule has 0 N–H and O–H groups in total. The zero-order valence-electron chi connectivity index (χ0n) is 10.1. The van der Waals surface area contributed by atoms with Gasteiger partial charge in [0.05, 0.1) is 20.3 Å². The van der Waals surface area contributed by atoms with Gasteiger partial charge in [-0.25, -0.2) is 0 Å². The molecule has 0 amide bonds. The van der Waals surface area contributed by atoms with Crippen molar-refractivity contribution in [1.82, 2.24) is 0 Å². The third-order valence-corrected chi connectivity index (χ3v) is 2.49. The van der Waals surface area contributed by atoms with Crippen molar-refractivity contribution in [3.05, 3.63) is 36.9 Å². The van der Waals surface area contributed by atoms with Crippen LogP contribution in [0.25, 0.3) is 0 Å². The van der Waals surface area contributed by atoms with E-state index >= 15 is 0 Å². The molecule has 1 aromatic carbocycles. The van der Waals surface area contributed by atoms with Gasteiger partial charge < -0.3 is 9.47 Å². The Morgan fingerprint density at radius 3 is 2.69 bits per heavy atom. The van der Waals surface area contributed by atoms with Crippen LogP contribution in [0.3, 0.4) is 0 Å². The lowest BCUT2D eigenvalue weighted by atomic mass is 10.2. The second-order valence-electron chi connectivity index (χ2n) is 3.87. The second-order valence-corrected chi connectivity index (χ2v) is 3.87. The SMILES string of the molecule is [CH2]OCc1ccccc1OCCCCCC. The van der Waals surface area contributed by atoms with Gasteiger partial charge in [0.25, 0.3) is 0 Å². The smallest absolute Gasteiger partial charge is 0.124 e. The Bertz CT molecular complexity index is 284. The van der Waals surface area contributed by atoms with Gasteiger partial charge >= 0.3 is 0 Å². The molecule has 0 aromatic heterocycles. The first-order chi connectivity index (χ1) is 7.88. The van der Waals surface area contributed by atoms with Gasteiger partial charge in [0.15, 0.2) is 0 Å². The summed E-state index contributed by atoms with van der Waals surface area (Å²) in [6, 6.07) is 7.95. The summed E-state index contributed by atoms with van der Waals surface area (Å²) in [5.74, 6) is 0.919. The van der Waals surface area contributed by atoms with Crippen molar-refractivity contribution in [2.24, 2.45) is 0 Å². The molecule has 0 atom stereocenters. The summed E-state index contributed by atoms with van der Waals surface area (Å²) in [6.45, 7) is 3.50. The van der Waals surface area contributed by atoms with Crippen molar-refractivity contribution >= 4 is 0 Å². The van der Waals surface area contributed by atoms with E-state index < -0.39 is 0 Å². The van der Waals surface area contributed by atoms with Crippen LogP contribution in [0, 0.1) is 7.11 Å². The van der Waals surface area contributed by atoms with Crippen molar-refractivity contribution in [3.8, 4) is 5.75 Å². The monoisotopic (exact) mass is 221 g/mol. The largest absolute Gasteiger partial charge is 0.493 e. The average molecular weight is 221 g/mol. The van der Waals surface area contributed by atoms with E-state index in [0.717, 1.165) is 24.3 Å². The molecule has 1 radical (unpaired) electrons. The molecule has 0 saturated carbocycles. The van der Waals surface area contributed by atoms with Gasteiger partial charge in [-0.05, 0) is 12.5 Å². The first kappa shape index (κ1) is 13.0. The molecule has 1 aromatic rings. The quantitative estimate of drug-likeness (QED) is 0.619.